The van der Waals surface area contributed by atoms with Crippen LogP contribution in [-0.2, 0) is 0 Å². The molecule has 4 heteroatoms. The van der Waals surface area contributed by atoms with E-state index in [1.807, 2.05) is 36.7 Å². The highest BCUT2D eigenvalue weighted by molar-refractivity contribution is 7.08. The molecule has 1 aromatic heterocycles. The van der Waals surface area contributed by atoms with Gasteiger partial charge >= 0.3 is 0 Å². The second-order valence-electron chi connectivity index (χ2n) is 4.00. The van der Waals surface area contributed by atoms with Gasteiger partial charge in [0, 0.05) is 16.8 Å². The molecule has 2 rings (SSSR count). The number of aryl methyl sites for hydroxylation is 2. The molecule has 2 aromatic rings. The monoisotopic (exact) mass is 246 g/mol. The van der Waals surface area contributed by atoms with Crippen molar-refractivity contribution in [2.75, 3.05) is 11.1 Å². The maximum Gasteiger partial charge on any atom is 0.256 e. The summed E-state index contributed by atoms with van der Waals surface area (Å²) in [6.45, 7) is 3.87. The van der Waals surface area contributed by atoms with E-state index in [0.717, 1.165) is 22.4 Å². The van der Waals surface area contributed by atoms with E-state index in [1.54, 1.807) is 6.07 Å². The first-order chi connectivity index (χ1) is 8.08. The maximum absolute atomic E-state index is 12.0. The van der Waals surface area contributed by atoms with Gasteiger partial charge in [0.1, 0.15) is 0 Å². The van der Waals surface area contributed by atoms with Gasteiger partial charge in [-0.25, -0.2) is 0 Å². The number of carbonyl (C=O) groups excluding carboxylic acids is 1. The lowest BCUT2D eigenvalue weighted by Crippen LogP contribution is -2.13. The average Bonchev–Trinajstić information content (AvgIpc) is 2.70. The van der Waals surface area contributed by atoms with Gasteiger partial charge in [-0.15, -0.1) is 0 Å². The van der Waals surface area contributed by atoms with Gasteiger partial charge in [-0.05, 0) is 42.5 Å². The number of amides is 1. The van der Waals surface area contributed by atoms with Crippen LogP contribution in [0.2, 0.25) is 0 Å². The highest BCUT2D eigenvalue weighted by atomic mass is 32.1. The molecule has 0 bridgehead atoms. The maximum atomic E-state index is 12.0. The molecule has 3 nitrogen and oxygen atoms in total. The van der Waals surface area contributed by atoms with Gasteiger partial charge < -0.3 is 11.1 Å². The fourth-order valence-corrected chi connectivity index (χ4v) is 2.39. The van der Waals surface area contributed by atoms with E-state index in [2.05, 4.69) is 5.32 Å². The van der Waals surface area contributed by atoms with Crippen LogP contribution in [0.3, 0.4) is 0 Å². The smallest absolute Gasteiger partial charge is 0.256 e. The van der Waals surface area contributed by atoms with Gasteiger partial charge in [-0.2, -0.15) is 11.3 Å². The van der Waals surface area contributed by atoms with Gasteiger partial charge in [-0.1, -0.05) is 6.07 Å². The fourth-order valence-electron chi connectivity index (χ4n) is 1.56. The van der Waals surface area contributed by atoms with Gasteiger partial charge in [0.2, 0.25) is 0 Å². The van der Waals surface area contributed by atoms with Gasteiger partial charge in [0.25, 0.3) is 5.91 Å². The number of hydrogen-bond donors (Lipinski definition) is 2. The summed E-state index contributed by atoms with van der Waals surface area (Å²) in [5, 5.41) is 6.69. The molecule has 88 valence electrons. The molecule has 17 heavy (non-hydrogen) atoms. The van der Waals surface area contributed by atoms with Crippen LogP contribution in [0, 0.1) is 13.8 Å². The fraction of sp³-hybridized carbons (Fsp3) is 0.154. The molecule has 1 aromatic carbocycles. The Morgan fingerprint density at radius 1 is 1.24 bits per heavy atom. The molecule has 0 saturated heterocycles. The van der Waals surface area contributed by atoms with Crippen LogP contribution in [0.15, 0.2) is 29.0 Å². The Bertz CT molecular complexity index is 560. The number of anilines is 2. The molecule has 0 unspecified atom stereocenters. The first-order valence-electron chi connectivity index (χ1n) is 5.28. The van der Waals surface area contributed by atoms with E-state index < -0.39 is 0 Å². The normalized spacial score (nSPS) is 10.2. The minimum atomic E-state index is -0.0857. The van der Waals surface area contributed by atoms with Crippen molar-refractivity contribution in [3.8, 4) is 0 Å². The van der Waals surface area contributed by atoms with Crippen LogP contribution in [0.4, 0.5) is 11.4 Å². The summed E-state index contributed by atoms with van der Waals surface area (Å²) in [5.41, 5.74) is 9.83. The zero-order valence-corrected chi connectivity index (χ0v) is 10.6. The Balaban J connectivity index is 2.24. The third-order valence-corrected chi connectivity index (χ3v) is 3.47. The molecule has 3 N–H and O–H groups in total. The number of hydrogen-bond acceptors (Lipinski definition) is 3. The van der Waals surface area contributed by atoms with E-state index >= 15 is 0 Å². The molecule has 1 amide bonds. The Kier molecular flexibility index (Phi) is 3.15. The summed E-state index contributed by atoms with van der Waals surface area (Å²) in [4.78, 5) is 12.0. The second kappa shape index (κ2) is 4.59. The quantitative estimate of drug-likeness (QED) is 0.799. The largest absolute Gasteiger partial charge is 0.399 e. The number of carbonyl (C=O) groups is 1. The second-order valence-corrected chi connectivity index (χ2v) is 4.74. The molecule has 0 radical (unpaired) electrons. The van der Waals surface area contributed by atoms with Gasteiger partial charge in [0.15, 0.2) is 0 Å². The predicted molar refractivity (Wildman–Crippen MR) is 72.6 cm³/mol. The van der Waals surface area contributed by atoms with Crippen LogP contribution in [0.5, 0.6) is 0 Å². The zero-order chi connectivity index (χ0) is 12.4. The van der Waals surface area contributed by atoms with Crippen molar-refractivity contribution in [3.05, 3.63) is 45.6 Å². The number of nitrogens with one attached hydrogen (secondary N) is 1. The number of nitrogens with two attached hydrogens (primary N) is 1. The van der Waals surface area contributed by atoms with Gasteiger partial charge in [0.05, 0.1) is 5.56 Å². The van der Waals surface area contributed by atoms with Crippen LogP contribution in [0.25, 0.3) is 0 Å². The van der Waals surface area contributed by atoms with E-state index in [1.165, 1.54) is 11.3 Å². The number of thiophene rings is 1. The lowest BCUT2D eigenvalue weighted by Gasteiger charge is -2.09. The molecule has 0 saturated carbocycles. The number of rotatable bonds is 2. The molecule has 0 spiro atoms. The van der Waals surface area contributed by atoms with E-state index in [-0.39, 0.29) is 5.91 Å². The van der Waals surface area contributed by atoms with Crippen molar-refractivity contribution < 1.29 is 4.79 Å². The SMILES string of the molecule is Cc1ccc(N)cc1NC(=O)c1cscc1C. The Hall–Kier alpha value is -1.81. The molecule has 0 aliphatic heterocycles. The van der Waals surface area contributed by atoms with Crippen molar-refractivity contribution >= 4 is 28.6 Å². The number of nitrogen functional groups attached to an aromatic ring is 1. The van der Waals surface area contributed by atoms with Gasteiger partial charge in [-0.3, -0.25) is 4.79 Å². The summed E-state index contributed by atoms with van der Waals surface area (Å²) >= 11 is 1.53. The van der Waals surface area contributed by atoms with Crippen molar-refractivity contribution in [1.29, 1.82) is 0 Å². The zero-order valence-electron chi connectivity index (χ0n) is 9.78. The highest BCUT2D eigenvalue weighted by Crippen LogP contribution is 2.20. The minimum absolute atomic E-state index is 0.0857. The highest BCUT2D eigenvalue weighted by Gasteiger charge is 2.11. The van der Waals surface area contributed by atoms with Crippen molar-refractivity contribution in [1.82, 2.24) is 0 Å². The molecule has 0 aliphatic rings. The third-order valence-electron chi connectivity index (χ3n) is 2.61. The topological polar surface area (TPSA) is 55.1 Å². The average molecular weight is 246 g/mol. The van der Waals surface area contributed by atoms with E-state index in [0.29, 0.717) is 5.69 Å². The van der Waals surface area contributed by atoms with E-state index in [9.17, 15) is 4.79 Å². The molecular formula is C13H14N2OS. The summed E-state index contributed by atoms with van der Waals surface area (Å²) in [6, 6.07) is 5.49. The number of benzene rings is 1. The van der Waals surface area contributed by atoms with E-state index in [4.69, 9.17) is 5.73 Å². The third kappa shape index (κ3) is 2.47. The Morgan fingerprint density at radius 2 is 2.00 bits per heavy atom. The lowest BCUT2D eigenvalue weighted by atomic mass is 10.1. The Labute approximate surface area is 104 Å². The summed E-state index contributed by atoms with van der Waals surface area (Å²) in [5.74, 6) is -0.0857. The Morgan fingerprint density at radius 3 is 2.65 bits per heavy atom. The summed E-state index contributed by atoms with van der Waals surface area (Å²) in [6.07, 6.45) is 0. The molecule has 1 heterocycles. The summed E-state index contributed by atoms with van der Waals surface area (Å²) < 4.78 is 0. The summed E-state index contributed by atoms with van der Waals surface area (Å²) in [7, 11) is 0. The predicted octanol–water partition coefficient (Wildman–Crippen LogP) is 3.20. The molecule has 0 atom stereocenters. The van der Waals surface area contributed by atoms with Crippen molar-refractivity contribution in [2.24, 2.45) is 0 Å². The first-order valence-corrected chi connectivity index (χ1v) is 6.22. The van der Waals surface area contributed by atoms with Crippen LogP contribution >= 0.6 is 11.3 Å². The first kappa shape index (κ1) is 11.7. The van der Waals surface area contributed by atoms with Crippen molar-refractivity contribution in [2.45, 2.75) is 13.8 Å². The van der Waals surface area contributed by atoms with Crippen LogP contribution in [-0.4, -0.2) is 5.91 Å². The molecule has 0 fully saturated rings. The molecular weight excluding hydrogens is 232 g/mol. The van der Waals surface area contributed by atoms with Crippen molar-refractivity contribution in [3.63, 3.8) is 0 Å². The van der Waals surface area contributed by atoms with Crippen LogP contribution in [0.1, 0.15) is 21.5 Å². The lowest BCUT2D eigenvalue weighted by molar-refractivity contribution is 0.102. The molecule has 0 aliphatic carbocycles. The van der Waals surface area contributed by atoms with Crippen LogP contribution < -0.4 is 11.1 Å². The standard InChI is InChI=1S/C13H14N2OS/c1-8-3-4-10(14)5-12(8)15-13(16)11-7-17-6-9(11)2/h3-7H,14H2,1-2H3,(H,15,16). The minimum Gasteiger partial charge on any atom is -0.399 e.